The van der Waals surface area contributed by atoms with Crippen LogP contribution in [-0.2, 0) is 22.7 Å². The maximum absolute atomic E-state index is 13.4. The molecule has 0 aliphatic carbocycles. The second kappa shape index (κ2) is 10.1. The van der Waals surface area contributed by atoms with Crippen molar-refractivity contribution in [2.24, 2.45) is 5.92 Å². The average Bonchev–Trinajstić information content (AvgIpc) is 2.95. The van der Waals surface area contributed by atoms with E-state index in [-0.39, 0.29) is 18.4 Å². The minimum Gasteiger partial charge on any atom is -0.445 e. The van der Waals surface area contributed by atoms with Gasteiger partial charge in [0.05, 0.1) is 0 Å². The number of ether oxygens (including phenoxy) is 1. The molecule has 2 aromatic rings. The van der Waals surface area contributed by atoms with E-state index >= 15 is 0 Å². The summed E-state index contributed by atoms with van der Waals surface area (Å²) in [5.41, 5.74) is 3.16. The predicted octanol–water partition coefficient (Wildman–Crippen LogP) is 3.81. The van der Waals surface area contributed by atoms with Gasteiger partial charge in [-0.05, 0) is 23.1 Å². The number of nitrogens with one attached hydrogen (secondary N) is 1. The summed E-state index contributed by atoms with van der Waals surface area (Å²) in [6, 6.07) is 17.0. The van der Waals surface area contributed by atoms with Gasteiger partial charge >= 0.3 is 6.09 Å². The number of likely N-dealkylation sites (N-methyl/N-ethyl adjacent to an activating group) is 1. The van der Waals surface area contributed by atoms with Crippen molar-refractivity contribution in [2.45, 2.75) is 39.5 Å². The summed E-state index contributed by atoms with van der Waals surface area (Å²) in [4.78, 5) is 29.9. The van der Waals surface area contributed by atoms with E-state index in [1.807, 2.05) is 68.3 Å². The average molecular weight is 410 g/mol. The fraction of sp³-hybridized carbons (Fsp3) is 0.417. The number of nitrogens with zero attached hydrogens (tertiary/aromatic N) is 2. The minimum atomic E-state index is -0.617. The number of benzene rings is 2. The van der Waals surface area contributed by atoms with Gasteiger partial charge in [0.25, 0.3) is 0 Å². The third-order valence-electron chi connectivity index (χ3n) is 5.75. The Hall–Kier alpha value is -3.02. The van der Waals surface area contributed by atoms with Crippen molar-refractivity contribution in [2.75, 3.05) is 25.0 Å². The SMILES string of the molecule is CC[C@H](C)[C@H](NC(=O)OCc1ccccc1)C(=O)N1CCN(C)c2ccccc2C1. The van der Waals surface area contributed by atoms with Crippen molar-refractivity contribution in [3.63, 3.8) is 0 Å². The van der Waals surface area contributed by atoms with E-state index in [1.54, 1.807) is 0 Å². The van der Waals surface area contributed by atoms with E-state index in [9.17, 15) is 9.59 Å². The van der Waals surface area contributed by atoms with E-state index in [0.717, 1.165) is 29.8 Å². The molecule has 0 aromatic heterocycles. The molecule has 0 saturated carbocycles. The van der Waals surface area contributed by atoms with Crippen molar-refractivity contribution in [3.05, 3.63) is 65.7 Å². The van der Waals surface area contributed by atoms with Gasteiger partial charge in [-0.15, -0.1) is 0 Å². The molecule has 0 fully saturated rings. The number of carbonyl (C=O) groups excluding carboxylic acids is 2. The molecule has 0 radical (unpaired) electrons. The number of rotatable bonds is 6. The van der Waals surface area contributed by atoms with E-state index in [1.165, 1.54) is 0 Å². The van der Waals surface area contributed by atoms with Crippen LogP contribution in [-0.4, -0.2) is 43.1 Å². The maximum Gasteiger partial charge on any atom is 0.408 e. The molecule has 0 unspecified atom stereocenters. The molecule has 30 heavy (non-hydrogen) atoms. The summed E-state index contributed by atoms with van der Waals surface area (Å²) in [7, 11) is 2.04. The summed E-state index contributed by atoms with van der Waals surface area (Å²) >= 11 is 0. The lowest BCUT2D eigenvalue weighted by atomic mass is 9.97. The molecule has 0 bridgehead atoms. The lowest BCUT2D eigenvalue weighted by Crippen LogP contribution is -2.52. The number of alkyl carbamates (subject to hydrolysis) is 1. The summed E-state index contributed by atoms with van der Waals surface area (Å²) in [5, 5.41) is 2.82. The smallest absolute Gasteiger partial charge is 0.408 e. The van der Waals surface area contributed by atoms with Crippen LogP contribution in [0.25, 0.3) is 0 Å². The Morgan fingerprint density at radius 3 is 2.50 bits per heavy atom. The molecule has 0 saturated heterocycles. The second-order valence-corrected chi connectivity index (χ2v) is 7.88. The van der Waals surface area contributed by atoms with Gasteiger partial charge in [-0.3, -0.25) is 4.79 Å². The molecule has 1 aliphatic rings. The molecule has 0 spiro atoms. The Labute approximate surface area is 178 Å². The van der Waals surface area contributed by atoms with E-state index in [2.05, 4.69) is 22.3 Å². The number of para-hydroxylation sites is 1. The van der Waals surface area contributed by atoms with Crippen LogP contribution in [0.3, 0.4) is 0 Å². The van der Waals surface area contributed by atoms with E-state index < -0.39 is 12.1 Å². The van der Waals surface area contributed by atoms with Crippen LogP contribution in [0.2, 0.25) is 0 Å². The first-order valence-electron chi connectivity index (χ1n) is 10.5. The highest BCUT2D eigenvalue weighted by molar-refractivity contribution is 5.86. The van der Waals surface area contributed by atoms with E-state index in [0.29, 0.717) is 13.1 Å². The van der Waals surface area contributed by atoms with Crippen LogP contribution in [0.1, 0.15) is 31.4 Å². The Morgan fingerprint density at radius 2 is 1.77 bits per heavy atom. The zero-order valence-electron chi connectivity index (χ0n) is 18.0. The summed E-state index contributed by atoms with van der Waals surface area (Å²) in [6.45, 7) is 6.07. The van der Waals surface area contributed by atoms with Gasteiger partial charge in [0.15, 0.2) is 0 Å². The fourth-order valence-electron chi connectivity index (χ4n) is 3.65. The van der Waals surface area contributed by atoms with Crippen LogP contribution < -0.4 is 10.2 Å². The molecule has 1 N–H and O–H groups in total. The van der Waals surface area contributed by atoms with Crippen molar-refractivity contribution in [1.82, 2.24) is 10.2 Å². The number of hydrogen-bond donors (Lipinski definition) is 1. The quantitative estimate of drug-likeness (QED) is 0.788. The number of amides is 2. The van der Waals surface area contributed by atoms with Gasteiger partial charge in [-0.25, -0.2) is 4.79 Å². The highest BCUT2D eigenvalue weighted by Gasteiger charge is 2.32. The molecular formula is C24H31N3O3. The normalized spacial score (nSPS) is 15.6. The van der Waals surface area contributed by atoms with Crippen molar-refractivity contribution in [1.29, 1.82) is 0 Å². The predicted molar refractivity (Wildman–Crippen MR) is 118 cm³/mol. The van der Waals surface area contributed by atoms with Gasteiger partial charge < -0.3 is 19.9 Å². The maximum atomic E-state index is 13.4. The molecule has 3 rings (SSSR count). The van der Waals surface area contributed by atoms with Crippen LogP contribution in [0.5, 0.6) is 0 Å². The number of hydrogen-bond acceptors (Lipinski definition) is 4. The fourth-order valence-corrected chi connectivity index (χ4v) is 3.65. The highest BCUT2D eigenvalue weighted by Crippen LogP contribution is 2.24. The van der Waals surface area contributed by atoms with Crippen molar-refractivity contribution in [3.8, 4) is 0 Å². The molecular weight excluding hydrogens is 378 g/mol. The first-order chi connectivity index (χ1) is 14.5. The van der Waals surface area contributed by atoms with Gasteiger partial charge in [-0.2, -0.15) is 0 Å². The summed E-state index contributed by atoms with van der Waals surface area (Å²) < 4.78 is 5.36. The zero-order valence-corrected chi connectivity index (χ0v) is 18.0. The number of carbonyl (C=O) groups is 2. The molecule has 1 heterocycles. The lowest BCUT2D eigenvalue weighted by molar-refractivity contribution is -0.135. The second-order valence-electron chi connectivity index (χ2n) is 7.88. The van der Waals surface area contributed by atoms with E-state index in [4.69, 9.17) is 4.74 Å². The zero-order chi connectivity index (χ0) is 21.5. The third-order valence-corrected chi connectivity index (χ3v) is 5.75. The topological polar surface area (TPSA) is 61.9 Å². The first kappa shape index (κ1) is 21.7. The molecule has 2 aromatic carbocycles. The molecule has 6 nitrogen and oxygen atoms in total. The van der Waals surface area contributed by atoms with Crippen molar-refractivity contribution >= 4 is 17.7 Å². The Morgan fingerprint density at radius 1 is 1.07 bits per heavy atom. The molecule has 6 heteroatoms. The Kier molecular flexibility index (Phi) is 7.33. The summed E-state index contributed by atoms with van der Waals surface area (Å²) in [6.07, 6.45) is 0.213. The Bertz CT molecular complexity index is 856. The van der Waals surface area contributed by atoms with Gasteiger partial charge in [-0.1, -0.05) is 68.8 Å². The van der Waals surface area contributed by atoms with Gasteiger partial charge in [0.1, 0.15) is 12.6 Å². The van der Waals surface area contributed by atoms with Crippen LogP contribution >= 0.6 is 0 Å². The van der Waals surface area contributed by atoms with Crippen LogP contribution in [0, 0.1) is 5.92 Å². The summed E-state index contributed by atoms with van der Waals surface area (Å²) in [5.74, 6) is -0.0656. The van der Waals surface area contributed by atoms with Crippen LogP contribution in [0.4, 0.5) is 10.5 Å². The minimum absolute atomic E-state index is 0.00185. The molecule has 1 aliphatic heterocycles. The largest absolute Gasteiger partial charge is 0.445 e. The van der Waals surface area contributed by atoms with Gasteiger partial charge in [0, 0.05) is 32.4 Å². The number of anilines is 1. The Balaban J connectivity index is 1.68. The van der Waals surface area contributed by atoms with Crippen molar-refractivity contribution < 1.29 is 14.3 Å². The first-order valence-corrected chi connectivity index (χ1v) is 10.5. The third kappa shape index (κ3) is 5.32. The van der Waals surface area contributed by atoms with Gasteiger partial charge in [0.2, 0.25) is 5.91 Å². The van der Waals surface area contributed by atoms with Crippen LogP contribution in [0.15, 0.2) is 54.6 Å². The standard InChI is InChI=1S/C24H31N3O3/c1-4-18(2)22(25-24(29)30-17-19-10-6-5-7-11-19)23(28)27-15-14-26(3)21-13-9-8-12-20(21)16-27/h5-13,18,22H,4,14-17H2,1-3H3,(H,25,29)/t18-,22-/m0/s1. The highest BCUT2D eigenvalue weighted by atomic mass is 16.5. The monoisotopic (exact) mass is 409 g/mol. The number of fused-ring (bicyclic) bond motifs is 1. The molecule has 2 amide bonds. The lowest BCUT2D eigenvalue weighted by Gasteiger charge is -2.29. The molecule has 160 valence electrons. The molecule has 2 atom stereocenters.